The van der Waals surface area contributed by atoms with Gasteiger partial charge in [0, 0.05) is 7.05 Å². The maximum atomic E-state index is 12.0. The minimum absolute atomic E-state index is 0.172. The number of benzene rings is 1. The Balaban J connectivity index is 2.58. The van der Waals surface area contributed by atoms with Crippen LogP contribution in [0.2, 0.25) is 0 Å². The van der Waals surface area contributed by atoms with E-state index in [1.807, 2.05) is 25.1 Å². The number of rotatable bonds is 7. The smallest absolute Gasteiger partial charge is 0.234 e. The van der Waals surface area contributed by atoms with Gasteiger partial charge in [0.15, 0.2) is 0 Å². The van der Waals surface area contributed by atoms with Crippen LogP contribution in [-0.4, -0.2) is 34.3 Å². The molecule has 0 radical (unpaired) electrons. The number of nitrogens with zero attached hydrogens (tertiary/aromatic N) is 1. The highest BCUT2D eigenvalue weighted by Crippen LogP contribution is 2.15. The zero-order valence-corrected chi connectivity index (χ0v) is 11.2. The van der Waals surface area contributed by atoms with Crippen LogP contribution < -0.4 is 9.62 Å². The monoisotopic (exact) mass is 256 g/mol. The number of hydrogen-bond acceptors (Lipinski definition) is 3. The third-order valence-corrected chi connectivity index (χ3v) is 4.39. The standard InChI is InChI=1S/C12H20N2O2S/c1-3-13-10-7-11-17(15,16)14(2)12-8-5-4-6-9-12/h4-6,8-9,13H,3,7,10-11H2,1-2H3. The van der Waals surface area contributed by atoms with E-state index in [1.165, 1.54) is 4.31 Å². The number of para-hydroxylation sites is 1. The molecule has 1 aromatic rings. The Morgan fingerprint density at radius 3 is 2.47 bits per heavy atom. The van der Waals surface area contributed by atoms with Gasteiger partial charge in [-0.1, -0.05) is 25.1 Å². The summed E-state index contributed by atoms with van der Waals surface area (Å²) in [5, 5.41) is 3.12. The third-order valence-electron chi connectivity index (χ3n) is 2.54. The van der Waals surface area contributed by atoms with Gasteiger partial charge in [0.1, 0.15) is 0 Å². The summed E-state index contributed by atoms with van der Waals surface area (Å²) >= 11 is 0. The Labute approximate surface area is 104 Å². The van der Waals surface area contributed by atoms with Gasteiger partial charge in [0.05, 0.1) is 11.4 Å². The van der Waals surface area contributed by atoms with Crippen LogP contribution >= 0.6 is 0 Å². The lowest BCUT2D eigenvalue weighted by Gasteiger charge is -2.19. The summed E-state index contributed by atoms with van der Waals surface area (Å²) in [4.78, 5) is 0. The predicted octanol–water partition coefficient (Wildman–Crippen LogP) is 1.45. The number of sulfonamides is 1. The van der Waals surface area contributed by atoms with Crippen molar-refractivity contribution >= 4 is 15.7 Å². The molecule has 0 saturated heterocycles. The lowest BCUT2D eigenvalue weighted by Crippen LogP contribution is -2.30. The summed E-state index contributed by atoms with van der Waals surface area (Å²) in [5.74, 6) is 0.172. The van der Waals surface area contributed by atoms with E-state index >= 15 is 0 Å². The molecule has 0 bridgehead atoms. The Bertz CT molecular complexity index is 417. The highest BCUT2D eigenvalue weighted by atomic mass is 32.2. The van der Waals surface area contributed by atoms with E-state index in [2.05, 4.69) is 5.32 Å². The highest BCUT2D eigenvalue weighted by molar-refractivity contribution is 7.92. The summed E-state index contributed by atoms with van der Waals surface area (Å²) in [7, 11) is -1.61. The number of hydrogen-bond donors (Lipinski definition) is 1. The maximum Gasteiger partial charge on any atom is 0.234 e. The average molecular weight is 256 g/mol. The van der Waals surface area contributed by atoms with Gasteiger partial charge in [0.2, 0.25) is 10.0 Å². The lowest BCUT2D eigenvalue weighted by atomic mass is 10.3. The minimum Gasteiger partial charge on any atom is -0.317 e. The van der Waals surface area contributed by atoms with Crippen molar-refractivity contribution in [2.75, 3.05) is 30.2 Å². The van der Waals surface area contributed by atoms with Crippen LogP contribution in [0.25, 0.3) is 0 Å². The highest BCUT2D eigenvalue weighted by Gasteiger charge is 2.17. The molecule has 0 heterocycles. The normalized spacial score (nSPS) is 11.4. The molecule has 0 atom stereocenters. The molecule has 17 heavy (non-hydrogen) atoms. The van der Waals surface area contributed by atoms with Crippen molar-refractivity contribution in [3.05, 3.63) is 30.3 Å². The van der Waals surface area contributed by atoms with Gasteiger partial charge >= 0.3 is 0 Å². The molecular formula is C12H20N2O2S. The third kappa shape index (κ3) is 4.36. The quantitative estimate of drug-likeness (QED) is 0.751. The van der Waals surface area contributed by atoms with Crippen LogP contribution in [-0.2, 0) is 10.0 Å². The topological polar surface area (TPSA) is 49.4 Å². The fourth-order valence-electron chi connectivity index (χ4n) is 1.49. The van der Waals surface area contributed by atoms with Crippen LogP contribution in [0, 0.1) is 0 Å². The molecule has 0 unspecified atom stereocenters. The van der Waals surface area contributed by atoms with Gasteiger partial charge in [0.25, 0.3) is 0 Å². The molecular weight excluding hydrogens is 236 g/mol. The van der Waals surface area contributed by atoms with Crippen LogP contribution in [0.4, 0.5) is 5.69 Å². The maximum absolute atomic E-state index is 12.0. The van der Waals surface area contributed by atoms with Gasteiger partial charge in [-0.05, 0) is 31.6 Å². The summed E-state index contributed by atoms with van der Waals surface area (Å²) in [5.41, 5.74) is 0.705. The van der Waals surface area contributed by atoms with Gasteiger partial charge in [-0.25, -0.2) is 8.42 Å². The van der Waals surface area contributed by atoms with Crippen molar-refractivity contribution in [2.24, 2.45) is 0 Å². The molecule has 0 spiro atoms. The Morgan fingerprint density at radius 2 is 1.88 bits per heavy atom. The predicted molar refractivity (Wildman–Crippen MR) is 71.8 cm³/mol. The molecule has 1 rings (SSSR count). The first kappa shape index (κ1) is 14.0. The van der Waals surface area contributed by atoms with Crippen LogP contribution in [0.15, 0.2) is 30.3 Å². The van der Waals surface area contributed by atoms with Gasteiger partial charge in [-0.2, -0.15) is 0 Å². The molecule has 0 fully saturated rings. The van der Waals surface area contributed by atoms with E-state index in [0.29, 0.717) is 12.1 Å². The van der Waals surface area contributed by atoms with E-state index in [-0.39, 0.29) is 5.75 Å². The Morgan fingerprint density at radius 1 is 1.24 bits per heavy atom. The van der Waals surface area contributed by atoms with E-state index in [1.54, 1.807) is 19.2 Å². The SMILES string of the molecule is CCNCCCS(=O)(=O)N(C)c1ccccc1. The molecule has 0 aromatic heterocycles. The Hall–Kier alpha value is -1.07. The first-order valence-corrected chi connectivity index (χ1v) is 7.41. The van der Waals surface area contributed by atoms with Crippen molar-refractivity contribution < 1.29 is 8.42 Å². The first-order valence-electron chi connectivity index (χ1n) is 5.80. The first-order chi connectivity index (χ1) is 8.08. The van der Waals surface area contributed by atoms with Crippen LogP contribution in [0.3, 0.4) is 0 Å². The fourth-order valence-corrected chi connectivity index (χ4v) is 2.72. The van der Waals surface area contributed by atoms with Crippen LogP contribution in [0.5, 0.6) is 0 Å². The van der Waals surface area contributed by atoms with E-state index < -0.39 is 10.0 Å². The summed E-state index contributed by atoms with van der Waals surface area (Å²) in [6.45, 7) is 3.61. The van der Waals surface area contributed by atoms with Crippen molar-refractivity contribution in [2.45, 2.75) is 13.3 Å². The van der Waals surface area contributed by atoms with E-state index in [4.69, 9.17) is 0 Å². The minimum atomic E-state index is -3.20. The molecule has 1 aromatic carbocycles. The second kappa shape index (κ2) is 6.61. The molecule has 0 aliphatic heterocycles. The molecule has 0 aliphatic carbocycles. The Kier molecular flexibility index (Phi) is 5.44. The molecule has 0 amide bonds. The molecule has 1 N–H and O–H groups in total. The van der Waals surface area contributed by atoms with E-state index in [9.17, 15) is 8.42 Å². The summed E-state index contributed by atoms with van der Waals surface area (Å²) < 4.78 is 25.3. The zero-order valence-electron chi connectivity index (χ0n) is 10.4. The second-order valence-corrected chi connectivity index (χ2v) is 5.95. The van der Waals surface area contributed by atoms with Crippen LogP contribution in [0.1, 0.15) is 13.3 Å². The lowest BCUT2D eigenvalue weighted by molar-refractivity contribution is 0.588. The summed E-state index contributed by atoms with van der Waals surface area (Å²) in [6, 6.07) is 9.12. The van der Waals surface area contributed by atoms with Gasteiger partial charge in [-0.15, -0.1) is 0 Å². The molecule has 0 saturated carbocycles. The summed E-state index contributed by atoms with van der Waals surface area (Å²) in [6.07, 6.45) is 0.632. The zero-order chi connectivity index (χ0) is 12.7. The fraction of sp³-hybridized carbons (Fsp3) is 0.500. The van der Waals surface area contributed by atoms with Crippen molar-refractivity contribution in [3.63, 3.8) is 0 Å². The van der Waals surface area contributed by atoms with Crippen molar-refractivity contribution in [3.8, 4) is 0 Å². The molecule has 5 heteroatoms. The van der Waals surface area contributed by atoms with E-state index in [0.717, 1.165) is 13.1 Å². The van der Waals surface area contributed by atoms with Gasteiger partial charge < -0.3 is 5.32 Å². The van der Waals surface area contributed by atoms with Crippen molar-refractivity contribution in [1.29, 1.82) is 0 Å². The van der Waals surface area contributed by atoms with Gasteiger partial charge in [-0.3, -0.25) is 4.31 Å². The largest absolute Gasteiger partial charge is 0.317 e. The molecule has 0 aliphatic rings. The number of nitrogens with one attached hydrogen (secondary N) is 1. The number of anilines is 1. The molecule has 4 nitrogen and oxygen atoms in total. The average Bonchev–Trinajstić information content (AvgIpc) is 2.35. The van der Waals surface area contributed by atoms with Crippen molar-refractivity contribution in [1.82, 2.24) is 5.32 Å². The second-order valence-electron chi connectivity index (χ2n) is 3.83. The molecule has 96 valence electrons.